The predicted molar refractivity (Wildman–Crippen MR) is 66.7 cm³/mol. The molecular weight excluding hydrogens is 226 g/mol. The fourth-order valence-corrected chi connectivity index (χ4v) is 3.04. The summed E-state index contributed by atoms with van der Waals surface area (Å²) >= 11 is 0. The normalized spacial score (nSPS) is 23.8. The highest BCUT2D eigenvalue weighted by Gasteiger charge is 2.42. The molecule has 4 rings (SSSR count). The van der Waals surface area contributed by atoms with Crippen LogP contribution in [0.2, 0.25) is 0 Å². The molecule has 94 valence electrons. The third kappa shape index (κ3) is 1.42. The molecule has 2 unspecified atom stereocenters. The van der Waals surface area contributed by atoms with E-state index >= 15 is 0 Å². The van der Waals surface area contributed by atoms with Gasteiger partial charge in [0.15, 0.2) is 0 Å². The summed E-state index contributed by atoms with van der Waals surface area (Å²) in [5.74, 6) is 1.02. The van der Waals surface area contributed by atoms with Gasteiger partial charge in [0.25, 0.3) is 0 Å². The molecule has 0 spiro atoms. The number of fused-ring (bicyclic) bond motifs is 5. The monoisotopic (exact) mass is 243 g/mol. The van der Waals surface area contributed by atoms with Gasteiger partial charge in [-0.05, 0) is 11.1 Å². The highest BCUT2D eigenvalue weighted by molar-refractivity contribution is 5.35. The first-order valence-corrected chi connectivity index (χ1v) is 5.96. The minimum absolute atomic E-state index is 0. The molecule has 2 aliphatic rings. The van der Waals surface area contributed by atoms with E-state index < -0.39 is 0 Å². The molecular formula is C14H17N3O. The average molecular weight is 243 g/mol. The maximum Gasteiger partial charge on any atom is 0.303 e. The lowest BCUT2D eigenvalue weighted by molar-refractivity contribution is -0.739. The molecule has 1 aromatic heterocycles. The molecule has 1 aliphatic carbocycles. The van der Waals surface area contributed by atoms with Crippen LogP contribution in [0.15, 0.2) is 30.6 Å². The lowest BCUT2D eigenvalue weighted by atomic mass is 10.1. The third-order valence-electron chi connectivity index (χ3n) is 3.74. The lowest BCUT2D eigenvalue weighted by Crippen LogP contribution is -2.51. The number of ether oxygens (including phenoxy) is 1. The van der Waals surface area contributed by atoms with Crippen LogP contribution < -0.4 is 4.57 Å². The minimum atomic E-state index is 0. The largest absolute Gasteiger partial charge is 0.363 e. The summed E-state index contributed by atoms with van der Waals surface area (Å²) in [6.45, 7) is 0.621. The van der Waals surface area contributed by atoms with Crippen molar-refractivity contribution in [2.75, 3.05) is 0 Å². The van der Waals surface area contributed by atoms with E-state index in [-0.39, 0.29) is 13.5 Å². The second-order valence-corrected chi connectivity index (χ2v) is 4.81. The number of aryl methyl sites for hydroxylation is 1. The maximum atomic E-state index is 5.93. The smallest absolute Gasteiger partial charge is 0.303 e. The summed E-state index contributed by atoms with van der Waals surface area (Å²) in [6.07, 6.45) is 3.36. The molecule has 2 heterocycles. The van der Waals surface area contributed by atoms with Crippen molar-refractivity contribution >= 4 is 0 Å². The Morgan fingerprint density at radius 2 is 2.22 bits per heavy atom. The van der Waals surface area contributed by atoms with Gasteiger partial charge in [-0.1, -0.05) is 24.3 Å². The zero-order valence-electron chi connectivity index (χ0n) is 10.7. The molecule has 2 atom stereocenters. The number of hydrogen-bond donors (Lipinski definition) is 0. The van der Waals surface area contributed by atoms with Gasteiger partial charge in [0.2, 0.25) is 6.33 Å². The molecule has 4 nitrogen and oxygen atoms in total. The van der Waals surface area contributed by atoms with Crippen LogP contribution in [-0.4, -0.2) is 15.9 Å². The van der Waals surface area contributed by atoms with Crippen LogP contribution in [0.25, 0.3) is 0 Å². The number of benzene rings is 1. The van der Waals surface area contributed by atoms with Gasteiger partial charge in [-0.2, -0.15) is 0 Å². The van der Waals surface area contributed by atoms with Crippen LogP contribution >= 0.6 is 0 Å². The van der Waals surface area contributed by atoms with Crippen molar-refractivity contribution < 1.29 is 9.30 Å². The minimum Gasteiger partial charge on any atom is -0.363 e. The third-order valence-corrected chi connectivity index (χ3v) is 3.74. The molecule has 0 amide bonds. The molecule has 0 N–H and O–H groups in total. The predicted octanol–water partition coefficient (Wildman–Crippen LogP) is 1.20. The maximum absolute atomic E-state index is 5.93. The first-order valence-electron chi connectivity index (χ1n) is 5.96. The first-order chi connectivity index (χ1) is 8.33. The SMILES string of the molecule is Cn1c[n+]2c(n1)COC1Cc3ccccc3C12.[CH3-]. The molecule has 0 saturated carbocycles. The highest BCUT2D eigenvalue weighted by Crippen LogP contribution is 2.35. The van der Waals surface area contributed by atoms with Gasteiger partial charge >= 0.3 is 5.82 Å². The van der Waals surface area contributed by atoms with E-state index in [1.165, 1.54) is 11.1 Å². The van der Waals surface area contributed by atoms with Gasteiger partial charge in [-0.25, -0.2) is 4.57 Å². The van der Waals surface area contributed by atoms with Crippen LogP contribution in [-0.2, 0) is 24.8 Å². The van der Waals surface area contributed by atoms with E-state index in [1.54, 1.807) is 0 Å². The van der Waals surface area contributed by atoms with Crippen molar-refractivity contribution in [2.24, 2.45) is 7.05 Å². The Morgan fingerprint density at radius 1 is 1.39 bits per heavy atom. The van der Waals surface area contributed by atoms with Gasteiger partial charge < -0.3 is 12.2 Å². The summed E-state index contributed by atoms with van der Waals surface area (Å²) in [5, 5.41) is 4.44. The van der Waals surface area contributed by atoms with Crippen LogP contribution in [0.1, 0.15) is 23.0 Å². The van der Waals surface area contributed by atoms with E-state index in [9.17, 15) is 0 Å². The zero-order chi connectivity index (χ0) is 11.4. The number of aromatic nitrogens is 3. The summed E-state index contributed by atoms with van der Waals surface area (Å²) in [6, 6.07) is 8.92. The Hall–Kier alpha value is -1.68. The number of nitrogens with zero attached hydrogens (tertiary/aromatic N) is 3. The van der Waals surface area contributed by atoms with Crippen molar-refractivity contribution in [3.8, 4) is 0 Å². The van der Waals surface area contributed by atoms with Crippen molar-refractivity contribution in [2.45, 2.75) is 25.2 Å². The zero-order valence-corrected chi connectivity index (χ0v) is 10.7. The van der Waals surface area contributed by atoms with Crippen molar-refractivity contribution in [3.63, 3.8) is 0 Å². The molecule has 0 bridgehead atoms. The highest BCUT2D eigenvalue weighted by atomic mass is 16.5. The molecule has 0 saturated heterocycles. The lowest BCUT2D eigenvalue weighted by Gasteiger charge is -2.23. The van der Waals surface area contributed by atoms with E-state index in [2.05, 4.69) is 40.3 Å². The van der Waals surface area contributed by atoms with E-state index in [1.807, 2.05) is 11.7 Å². The standard InChI is InChI=1S/C13H14N3O.CH3/c1-15-8-16-12(14-15)7-17-11-6-9-4-2-3-5-10(9)13(11)16;/h2-5,8,11,13H,6-7H2,1H3;1H3/q+1;-1. The number of hydrogen-bond acceptors (Lipinski definition) is 2. The Morgan fingerprint density at radius 3 is 3.11 bits per heavy atom. The van der Waals surface area contributed by atoms with Gasteiger partial charge in [-0.15, -0.1) is 4.68 Å². The van der Waals surface area contributed by atoms with Crippen LogP contribution in [0, 0.1) is 7.43 Å². The molecule has 18 heavy (non-hydrogen) atoms. The molecule has 4 heteroatoms. The molecule has 0 radical (unpaired) electrons. The summed E-state index contributed by atoms with van der Waals surface area (Å²) in [7, 11) is 1.96. The quantitative estimate of drug-likeness (QED) is 0.514. The van der Waals surface area contributed by atoms with Crippen molar-refractivity contribution in [3.05, 3.63) is 55.0 Å². The Labute approximate surface area is 107 Å². The molecule has 0 fully saturated rings. The summed E-state index contributed by atoms with van der Waals surface area (Å²) < 4.78 is 10.1. The second-order valence-electron chi connectivity index (χ2n) is 4.81. The van der Waals surface area contributed by atoms with Gasteiger partial charge in [0, 0.05) is 11.5 Å². The molecule has 1 aromatic carbocycles. The van der Waals surface area contributed by atoms with E-state index in [0.717, 1.165) is 12.2 Å². The fraction of sp³-hybridized carbons (Fsp3) is 0.357. The summed E-state index contributed by atoms with van der Waals surface area (Å²) in [4.78, 5) is 0. The fourth-order valence-electron chi connectivity index (χ4n) is 3.04. The Kier molecular flexibility index (Phi) is 2.48. The van der Waals surface area contributed by atoms with E-state index in [0.29, 0.717) is 12.6 Å². The molecule has 1 aliphatic heterocycles. The van der Waals surface area contributed by atoms with Crippen LogP contribution in [0.4, 0.5) is 0 Å². The second kappa shape index (κ2) is 3.92. The van der Waals surface area contributed by atoms with Crippen molar-refractivity contribution in [1.82, 2.24) is 9.78 Å². The van der Waals surface area contributed by atoms with Gasteiger partial charge in [-0.3, -0.25) is 0 Å². The Bertz CT molecular complexity index is 590. The van der Waals surface area contributed by atoms with Crippen LogP contribution in [0.3, 0.4) is 0 Å². The van der Waals surface area contributed by atoms with Crippen LogP contribution in [0.5, 0.6) is 0 Å². The number of rotatable bonds is 0. The van der Waals surface area contributed by atoms with Gasteiger partial charge in [0.05, 0.1) is 7.05 Å². The molecule has 2 aromatic rings. The Balaban J connectivity index is 0.000001000. The first kappa shape index (κ1) is 11.4. The van der Waals surface area contributed by atoms with Crippen molar-refractivity contribution in [1.29, 1.82) is 0 Å². The summed E-state index contributed by atoms with van der Waals surface area (Å²) in [5.41, 5.74) is 2.79. The van der Waals surface area contributed by atoms with E-state index in [4.69, 9.17) is 4.74 Å². The van der Waals surface area contributed by atoms with Gasteiger partial charge in [0.1, 0.15) is 18.8 Å². The topological polar surface area (TPSA) is 30.9 Å². The average Bonchev–Trinajstić information content (AvgIpc) is 2.87.